The summed E-state index contributed by atoms with van der Waals surface area (Å²) in [5.74, 6) is 0. The van der Waals surface area contributed by atoms with Gasteiger partial charge in [-0.25, -0.2) is 0 Å². The van der Waals surface area contributed by atoms with E-state index in [1.165, 1.54) is 114 Å². The van der Waals surface area contributed by atoms with Gasteiger partial charge in [0.2, 0.25) is 6.71 Å². The van der Waals surface area contributed by atoms with E-state index in [0.717, 1.165) is 0 Å². The fourth-order valence-electron chi connectivity index (χ4n) is 10.8. The van der Waals surface area contributed by atoms with Crippen molar-refractivity contribution in [1.82, 2.24) is 0 Å². The van der Waals surface area contributed by atoms with Gasteiger partial charge >= 0.3 is 0 Å². The summed E-state index contributed by atoms with van der Waals surface area (Å²) in [6.07, 6.45) is 0. The number of hydrogen-bond donors (Lipinski definition) is 0. The van der Waals surface area contributed by atoms with Crippen molar-refractivity contribution in [3.05, 3.63) is 222 Å². The van der Waals surface area contributed by atoms with Crippen LogP contribution in [0.25, 0.3) is 64.7 Å². The third kappa shape index (κ3) is 4.43. The Labute approximate surface area is 343 Å². The molecule has 0 atom stereocenters. The van der Waals surface area contributed by atoms with Gasteiger partial charge < -0.3 is 0 Å². The van der Waals surface area contributed by atoms with E-state index in [9.17, 15) is 0 Å². The summed E-state index contributed by atoms with van der Waals surface area (Å²) in [4.78, 5) is 0. The number of hydrogen-bond acceptors (Lipinski definition) is 1. The normalized spacial score (nSPS) is 13.4. The van der Waals surface area contributed by atoms with Crippen LogP contribution in [0.3, 0.4) is 0 Å². The molecule has 265 valence electrons. The molecule has 3 heteroatoms. The molecule has 0 saturated carbocycles. The maximum atomic E-state index is 2.49. The van der Waals surface area contributed by atoms with E-state index in [2.05, 4.69) is 207 Å². The Hall–Kier alpha value is -6.67. The lowest BCUT2D eigenvalue weighted by molar-refractivity contribution is 0.794. The van der Waals surface area contributed by atoms with Gasteiger partial charge in [0.15, 0.2) is 7.28 Å². The zero-order valence-corrected chi connectivity index (χ0v) is 32.4. The number of benzene rings is 9. The van der Waals surface area contributed by atoms with Crippen molar-refractivity contribution in [3.63, 3.8) is 0 Å². The molecule has 1 aliphatic heterocycles. The molecular formula is C55H33B2S. The summed E-state index contributed by atoms with van der Waals surface area (Å²) >= 11 is 1.89. The van der Waals surface area contributed by atoms with E-state index in [4.69, 9.17) is 0 Å². The van der Waals surface area contributed by atoms with Crippen molar-refractivity contribution in [1.29, 1.82) is 0 Å². The van der Waals surface area contributed by atoms with Crippen LogP contribution in [0.5, 0.6) is 0 Å². The topological polar surface area (TPSA) is 0 Å². The minimum absolute atomic E-state index is 0.0790. The first kappa shape index (κ1) is 32.4. The SMILES string of the molecule is [B]1c2ccccc2-c2ccc(B(c3ccc(-c4ccc5c(c4)C4(c6ccccc6-c6ccccc64)c4ccccc4-5)cc3)c3ccc4c(c3)sc3ccccc34)cc21. The molecule has 0 N–H and O–H groups in total. The highest BCUT2D eigenvalue weighted by Crippen LogP contribution is 2.63. The van der Waals surface area contributed by atoms with Crippen LogP contribution >= 0.6 is 11.3 Å². The zero-order chi connectivity index (χ0) is 38.0. The Morgan fingerprint density at radius 2 is 0.862 bits per heavy atom. The fraction of sp³-hybridized carbons (Fsp3) is 0.0182. The third-order valence-electron chi connectivity index (χ3n) is 13.3. The van der Waals surface area contributed by atoms with E-state index >= 15 is 0 Å². The maximum absolute atomic E-state index is 2.49. The molecule has 10 aromatic rings. The molecular weight excluding hydrogens is 714 g/mol. The summed E-state index contributed by atoms with van der Waals surface area (Å²) in [7, 11) is 2.35. The number of thiophene rings is 1. The Bertz CT molecular complexity index is 3270. The van der Waals surface area contributed by atoms with Gasteiger partial charge in [-0.2, -0.15) is 0 Å². The molecule has 0 fully saturated rings. The van der Waals surface area contributed by atoms with Crippen LogP contribution in [-0.4, -0.2) is 14.0 Å². The highest BCUT2D eigenvalue weighted by Gasteiger charge is 2.51. The van der Waals surface area contributed by atoms with Crippen molar-refractivity contribution in [2.75, 3.05) is 0 Å². The smallest absolute Gasteiger partial charge is 0.135 e. The van der Waals surface area contributed by atoms with Crippen LogP contribution in [-0.2, 0) is 5.41 Å². The van der Waals surface area contributed by atoms with E-state index in [0.29, 0.717) is 0 Å². The van der Waals surface area contributed by atoms with Crippen LogP contribution in [0, 0.1) is 0 Å². The second-order valence-electron chi connectivity index (χ2n) is 16.1. The molecule has 0 unspecified atom stereocenters. The van der Waals surface area contributed by atoms with E-state index in [1.807, 2.05) is 11.3 Å². The Morgan fingerprint density at radius 1 is 0.345 bits per heavy atom. The van der Waals surface area contributed by atoms with Crippen molar-refractivity contribution >= 4 is 72.8 Å². The summed E-state index contributed by atoms with van der Waals surface area (Å²) in [5, 5.41) is 2.67. The van der Waals surface area contributed by atoms with Gasteiger partial charge in [-0.3, -0.25) is 0 Å². The Morgan fingerprint density at radius 3 is 1.60 bits per heavy atom. The standard InChI is InChI=1S/C55H33B2S/c1-6-16-47-39(11-1)40-12-2-7-17-48(40)55(47)49-18-8-3-13-41(49)42-28-23-35(31-50(42)55)34-21-24-36(25-22-34)57(37-26-29-44-43-14-4-9-19-51(43)56-52(44)32-37)38-27-30-46-45-15-5-10-20-53(45)58-54(46)33-38/h1-33H. The van der Waals surface area contributed by atoms with E-state index in [1.54, 1.807) is 0 Å². The highest BCUT2D eigenvalue weighted by molar-refractivity contribution is 7.26. The molecule has 3 aliphatic rings. The maximum Gasteiger partial charge on any atom is 0.241 e. The van der Waals surface area contributed by atoms with Crippen LogP contribution in [0.2, 0.25) is 0 Å². The summed E-state index contributed by atoms with van der Waals surface area (Å²) in [6.45, 7) is 0.0790. The highest BCUT2D eigenvalue weighted by atomic mass is 32.1. The van der Waals surface area contributed by atoms with Gasteiger partial charge in [-0.05, 0) is 85.0 Å². The molecule has 1 aromatic heterocycles. The number of fused-ring (bicyclic) bond motifs is 16. The summed E-state index contributed by atoms with van der Waals surface area (Å²) in [5.41, 5.74) is 22.1. The van der Waals surface area contributed by atoms with Crippen molar-refractivity contribution in [2.45, 2.75) is 5.41 Å². The second-order valence-corrected chi connectivity index (χ2v) is 17.2. The first-order valence-corrected chi connectivity index (χ1v) is 21.1. The molecule has 0 amide bonds. The van der Waals surface area contributed by atoms with Gasteiger partial charge in [0.25, 0.3) is 0 Å². The van der Waals surface area contributed by atoms with Gasteiger partial charge in [0.1, 0.15) is 0 Å². The Balaban J connectivity index is 0.950. The monoisotopic (exact) mass is 747 g/mol. The average molecular weight is 748 g/mol. The molecule has 2 heterocycles. The van der Waals surface area contributed by atoms with E-state index in [-0.39, 0.29) is 12.1 Å². The molecule has 0 bridgehead atoms. The quantitative estimate of drug-likeness (QED) is 0.157. The largest absolute Gasteiger partial charge is 0.241 e. The van der Waals surface area contributed by atoms with Crippen LogP contribution in [0.4, 0.5) is 0 Å². The zero-order valence-electron chi connectivity index (χ0n) is 31.6. The predicted octanol–water partition coefficient (Wildman–Crippen LogP) is 10.2. The van der Waals surface area contributed by atoms with Gasteiger partial charge in [-0.1, -0.05) is 209 Å². The lowest BCUT2D eigenvalue weighted by Crippen LogP contribution is -2.52. The summed E-state index contributed by atoms with van der Waals surface area (Å²) in [6, 6.07) is 75.6. The van der Waals surface area contributed by atoms with Crippen LogP contribution < -0.4 is 27.3 Å². The first-order chi connectivity index (χ1) is 28.7. The van der Waals surface area contributed by atoms with Gasteiger partial charge in [0, 0.05) is 20.2 Å². The van der Waals surface area contributed by atoms with Crippen LogP contribution in [0.15, 0.2) is 200 Å². The first-order valence-electron chi connectivity index (χ1n) is 20.3. The van der Waals surface area contributed by atoms with E-state index < -0.39 is 0 Å². The van der Waals surface area contributed by atoms with Crippen LogP contribution in [0.1, 0.15) is 22.3 Å². The lowest BCUT2D eigenvalue weighted by atomic mass is 9.36. The molecule has 58 heavy (non-hydrogen) atoms. The molecule has 9 aromatic carbocycles. The van der Waals surface area contributed by atoms with Crippen molar-refractivity contribution in [2.24, 2.45) is 0 Å². The average Bonchev–Trinajstić information content (AvgIpc) is 4.01. The summed E-state index contributed by atoms with van der Waals surface area (Å²) < 4.78 is 2.67. The fourth-order valence-corrected chi connectivity index (χ4v) is 12.0. The second kappa shape index (κ2) is 12.2. The minimum Gasteiger partial charge on any atom is -0.135 e. The van der Waals surface area contributed by atoms with Crippen molar-refractivity contribution in [3.8, 4) is 44.5 Å². The Kier molecular flexibility index (Phi) is 6.80. The number of rotatable bonds is 4. The van der Waals surface area contributed by atoms with Crippen molar-refractivity contribution < 1.29 is 0 Å². The lowest BCUT2D eigenvalue weighted by Gasteiger charge is -2.30. The minimum atomic E-state index is -0.352. The predicted molar refractivity (Wildman–Crippen MR) is 249 cm³/mol. The third-order valence-corrected chi connectivity index (χ3v) is 14.4. The molecule has 2 aliphatic carbocycles. The van der Waals surface area contributed by atoms with Gasteiger partial charge in [-0.15, -0.1) is 11.3 Å². The molecule has 13 rings (SSSR count). The van der Waals surface area contributed by atoms with Gasteiger partial charge in [0.05, 0.1) is 5.41 Å². The molecule has 0 saturated heterocycles. The molecule has 0 nitrogen and oxygen atoms in total. The molecule has 1 spiro atoms. The molecule has 1 radical (unpaired) electrons.